The normalized spacial score (nSPS) is 17.5. The molecule has 1 aliphatic heterocycles. The monoisotopic (exact) mass is 320 g/mol. The van der Waals surface area contributed by atoms with Gasteiger partial charge in [0.15, 0.2) is 11.5 Å². The number of ether oxygens (including phenoxy) is 1. The molecule has 1 atom stereocenters. The van der Waals surface area contributed by atoms with Crippen molar-refractivity contribution in [2.45, 2.75) is 23.8 Å². The Labute approximate surface area is 129 Å². The zero-order valence-corrected chi connectivity index (χ0v) is 12.6. The first-order valence-electron chi connectivity index (χ1n) is 6.98. The van der Waals surface area contributed by atoms with Gasteiger partial charge in [-0.3, -0.25) is 4.18 Å². The van der Waals surface area contributed by atoms with Gasteiger partial charge in [0, 0.05) is 0 Å². The summed E-state index contributed by atoms with van der Waals surface area (Å²) in [6, 6.07) is 13.2. The summed E-state index contributed by atoms with van der Waals surface area (Å²) in [5.74, 6) is 0.479. The van der Waals surface area contributed by atoms with E-state index < -0.39 is 16.2 Å². The van der Waals surface area contributed by atoms with Crippen LogP contribution in [0.5, 0.6) is 11.5 Å². The highest BCUT2D eigenvalue weighted by molar-refractivity contribution is 7.86. The van der Waals surface area contributed by atoms with E-state index in [2.05, 4.69) is 0 Å². The smallest absolute Gasteiger partial charge is 0.297 e. The lowest BCUT2D eigenvalue weighted by Gasteiger charge is -2.26. The summed E-state index contributed by atoms with van der Waals surface area (Å²) >= 11 is 0. The predicted molar refractivity (Wildman–Crippen MR) is 80.4 cm³/mol. The number of fused-ring (bicyclic) bond motifs is 1. The summed E-state index contributed by atoms with van der Waals surface area (Å²) in [6.45, 7) is -0.0784. The second-order valence-corrected chi connectivity index (χ2v) is 6.71. The van der Waals surface area contributed by atoms with Gasteiger partial charge in [-0.1, -0.05) is 30.3 Å². The van der Waals surface area contributed by atoms with Gasteiger partial charge in [-0.2, -0.15) is 8.42 Å². The van der Waals surface area contributed by atoms with Crippen LogP contribution >= 0.6 is 0 Å². The molecule has 3 rings (SSSR count). The van der Waals surface area contributed by atoms with Crippen LogP contribution in [0.25, 0.3) is 0 Å². The fraction of sp³-hybridized carbons (Fsp3) is 0.250. The Bertz CT molecular complexity index is 755. The minimum absolute atomic E-state index is 0.0631. The molecule has 5 nitrogen and oxygen atoms in total. The van der Waals surface area contributed by atoms with Crippen LogP contribution in [0.3, 0.4) is 0 Å². The van der Waals surface area contributed by atoms with Crippen molar-refractivity contribution in [3.05, 3.63) is 54.1 Å². The summed E-state index contributed by atoms with van der Waals surface area (Å²) < 4.78 is 34.9. The number of hydrogen-bond acceptors (Lipinski definition) is 5. The number of phenols is 1. The molecule has 0 spiro atoms. The van der Waals surface area contributed by atoms with Crippen LogP contribution in [0.15, 0.2) is 53.4 Å². The van der Waals surface area contributed by atoms with Crippen molar-refractivity contribution in [3.63, 3.8) is 0 Å². The van der Waals surface area contributed by atoms with Crippen LogP contribution in [0.2, 0.25) is 0 Å². The third kappa shape index (κ3) is 3.08. The van der Waals surface area contributed by atoms with Crippen LogP contribution in [0, 0.1) is 0 Å². The van der Waals surface area contributed by atoms with Gasteiger partial charge in [0.2, 0.25) is 0 Å². The number of benzene rings is 2. The molecule has 2 aromatic carbocycles. The van der Waals surface area contributed by atoms with Crippen molar-refractivity contribution in [1.82, 2.24) is 0 Å². The van der Waals surface area contributed by atoms with E-state index in [1.807, 2.05) is 6.07 Å². The molecule has 0 fully saturated rings. The molecule has 0 radical (unpaired) electrons. The number of hydrogen-bond donors (Lipinski definition) is 1. The first-order chi connectivity index (χ1) is 10.6. The average molecular weight is 320 g/mol. The fourth-order valence-electron chi connectivity index (χ4n) is 2.38. The summed E-state index contributed by atoms with van der Waals surface area (Å²) in [6.07, 6.45) is 0.948. The third-order valence-corrected chi connectivity index (χ3v) is 4.83. The van der Waals surface area contributed by atoms with E-state index >= 15 is 0 Å². The van der Waals surface area contributed by atoms with Gasteiger partial charge in [-0.15, -0.1) is 0 Å². The molecule has 116 valence electrons. The fourth-order valence-corrected chi connectivity index (χ4v) is 3.34. The molecular formula is C16H16O5S. The minimum Gasteiger partial charge on any atom is -0.504 e. The molecule has 0 bridgehead atoms. The van der Waals surface area contributed by atoms with E-state index in [1.165, 1.54) is 12.1 Å². The van der Waals surface area contributed by atoms with Crippen molar-refractivity contribution >= 4 is 10.1 Å². The van der Waals surface area contributed by atoms with E-state index in [0.717, 1.165) is 5.56 Å². The van der Waals surface area contributed by atoms with E-state index in [-0.39, 0.29) is 17.3 Å². The summed E-state index contributed by atoms with van der Waals surface area (Å²) in [4.78, 5) is 0.119. The topological polar surface area (TPSA) is 72.8 Å². The Kier molecular flexibility index (Phi) is 4.04. The molecule has 0 saturated carbocycles. The van der Waals surface area contributed by atoms with E-state index in [1.54, 1.807) is 30.3 Å². The lowest BCUT2D eigenvalue weighted by molar-refractivity contribution is 0.109. The van der Waals surface area contributed by atoms with Gasteiger partial charge in [-0.05, 0) is 36.6 Å². The molecule has 6 heteroatoms. The van der Waals surface area contributed by atoms with Crippen molar-refractivity contribution in [2.75, 3.05) is 6.61 Å². The standard InChI is InChI=1S/C16H16O5S/c17-15-8-4-5-12-9-10-13(21-16(12)15)11-20-22(18,19)14-6-2-1-3-7-14/h1-8,13,17H,9-11H2. The maximum atomic E-state index is 12.1. The molecule has 2 aromatic rings. The largest absolute Gasteiger partial charge is 0.504 e. The van der Waals surface area contributed by atoms with Gasteiger partial charge in [0.1, 0.15) is 12.7 Å². The molecule has 0 aromatic heterocycles. The molecule has 1 aliphatic rings. The molecule has 0 amide bonds. The van der Waals surface area contributed by atoms with Crippen molar-refractivity contribution in [2.24, 2.45) is 0 Å². The lowest BCUT2D eigenvalue weighted by Crippen LogP contribution is -2.29. The van der Waals surface area contributed by atoms with E-state index in [0.29, 0.717) is 18.6 Å². The van der Waals surface area contributed by atoms with Crippen molar-refractivity contribution < 1.29 is 22.4 Å². The highest BCUT2D eigenvalue weighted by Gasteiger charge is 2.25. The van der Waals surface area contributed by atoms with Crippen LogP contribution in [0.1, 0.15) is 12.0 Å². The predicted octanol–water partition coefficient (Wildman–Crippen LogP) is 2.49. The summed E-state index contributed by atoms with van der Waals surface area (Å²) in [5, 5.41) is 9.80. The third-order valence-electron chi connectivity index (χ3n) is 3.54. The Balaban J connectivity index is 1.67. The van der Waals surface area contributed by atoms with Crippen molar-refractivity contribution in [3.8, 4) is 11.5 Å². The van der Waals surface area contributed by atoms with Crippen molar-refractivity contribution in [1.29, 1.82) is 0 Å². The van der Waals surface area contributed by atoms with Crippen LogP contribution in [-0.4, -0.2) is 26.2 Å². The van der Waals surface area contributed by atoms with Crippen LogP contribution in [0.4, 0.5) is 0 Å². The zero-order chi connectivity index (χ0) is 15.6. The van der Waals surface area contributed by atoms with E-state index in [9.17, 15) is 13.5 Å². The second kappa shape index (κ2) is 5.98. The van der Waals surface area contributed by atoms with Gasteiger partial charge >= 0.3 is 0 Å². The number of aryl methyl sites for hydroxylation is 1. The van der Waals surface area contributed by atoms with Gasteiger partial charge in [0.05, 0.1) is 4.90 Å². The molecule has 1 N–H and O–H groups in total. The van der Waals surface area contributed by atoms with Crippen LogP contribution in [-0.2, 0) is 20.7 Å². The summed E-state index contributed by atoms with van der Waals surface area (Å²) in [5.41, 5.74) is 0.919. The molecule has 22 heavy (non-hydrogen) atoms. The van der Waals surface area contributed by atoms with Gasteiger partial charge in [-0.25, -0.2) is 0 Å². The molecule has 0 saturated heterocycles. The Morgan fingerprint density at radius 2 is 1.91 bits per heavy atom. The first kappa shape index (κ1) is 14.9. The maximum Gasteiger partial charge on any atom is 0.297 e. The highest BCUT2D eigenvalue weighted by Crippen LogP contribution is 2.35. The molecule has 1 unspecified atom stereocenters. The van der Waals surface area contributed by atoms with Gasteiger partial charge < -0.3 is 9.84 Å². The van der Waals surface area contributed by atoms with E-state index in [4.69, 9.17) is 8.92 Å². The Morgan fingerprint density at radius 1 is 1.14 bits per heavy atom. The molecule has 0 aliphatic carbocycles. The Morgan fingerprint density at radius 3 is 2.68 bits per heavy atom. The maximum absolute atomic E-state index is 12.1. The number of aromatic hydroxyl groups is 1. The second-order valence-electron chi connectivity index (χ2n) is 5.10. The molecule has 1 heterocycles. The quantitative estimate of drug-likeness (QED) is 0.876. The number of rotatable bonds is 4. The number of para-hydroxylation sites is 1. The zero-order valence-electron chi connectivity index (χ0n) is 11.8. The average Bonchev–Trinajstić information content (AvgIpc) is 2.54. The summed E-state index contributed by atoms with van der Waals surface area (Å²) in [7, 11) is -3.79. The minimum atomic E-state index is -3.79. The van der Waals surface area contributed by atoms with Crippen LogP contribution < -0.4 is 4.74 Å². The van der Waals surface area contributed by atoms with Gasteiger partial charge in [0.25, 0.3) is 10.1 Å². The highest BCUT2D eigenvalue weighted by atomic mass is 32.2. The first-order valence-corrected chi connectivity index (χ1v) is 8.39. The Hall–Kier alpha value is -2.05. The number of phenolic OH excluding ortho intramolecular Hbond substituents is 1. The molecular weight excluding hydrogens is 304 g/mol. The SMILES string of the molecule is O=S(=O)(OCC1CCc2cccc(O)c2O1)c1ccccc1. The lowest BCUT2D eigenvalue weighted by atomic mass is 10.0.